The van der Waals surface area contributed by atoms with Gasteiger partial charge < -0.3 is 9.80 Å². The van der Waals surface area contributed by atoms with Crippen LogP contribution in [-0.2, 0) is 0 Å². The molecule has 0 N–H and O–H groups in total. The van der Waals surface area contributed by atoms with Crippen LogP contribution in [0.5, 0.6) is 0 Å². The average Bonchev–Trinajstić information content (AvgIpc) is 3.16. The van der Waals surface area contributed by atoms with E-state index in [4.69, 9.17) is 0 Å². The summed E-state index contributed by atoms with van der Waals surface area (Å²) < 4.78 is 0. The molecule has 2 rings (SSSR count). The Morgan fingerprint density at radius 2 is 0.966 bits per heavy atom. The second kappa shape index (κ2) is 15.4. The Morgan fingerprint density at radius 1 is 0.552 bits per heavy atom. The van der Waals surface area contributed by atoms with E-state index < -0.39 is 0 Å². The summed E-state index contributed by atoms with van der Waals surface area (Å²) in [6.45, 7) is 6.93. The van der Waals surface area contributed by atoms with E-state index in [1.165, 1.54) is 109 Å². The molecule has 1 aromatic rings. The lowest BCUT2D eigenvalue weighted by atomic mass is 10.1. The highest BCUT2D eigenvalue weighted by Gasteiger charge is 2.26. The molecule has 0 aliphatic carbocycles. The molecule has 1 aliphatic rings. The van der Waals surface area contributed by atoms with Crippen LogP contribution in [0.4, 0.5) is 0 Å². The van der Waals surface area contributed by atoms with Crippen molar-refractivity contribution in [1.82, 2.24) is 9.80 Å². The van der Waals surface area contributed by atoms with E-state index in [1.54, 1.807) is 0 Å². The Kier molecular flexibility index (Phi) is 12.7. The van der Waals surface area contributed by atoms with Crippen LogP contribution in [0.25, 0.3) is 0 Å². The summed E-state index contributed by atoms with van der Waals surface area (Å²) in [5.74, 6) is 0. The molecule has 0 amide bonds. The molecule has 2 heteroatoms. The van der Waals surface area contributed by atoms with E-state index in [1.807, 2.05) is 0 Å². The van der Waals surface area contributed by atoms with E-state index in [0.29, 0.717) is 6.17 Å². The molecule has 1 aliphatic heterocycles. The van der Waals surface area contributed by atoms with Crippen molar-refractivity contribution < 1.29 is 0 Å². The fourth-order valence-electron chi connectivity index (χ4n) is 4.43. The molecule has 0 spiro atoms. The molecule has 0 bridgehead atoms. The molecular formula is C27H46N2. The maximum atomic E-state index is 2.57. The average molecular weight is 399 g/mol. The second-order valence-corrected chi connectivity index (χ2v) is 8.80. The molecule has 0 radical (unpaired) electrons. The smallest absolute Gasteiger partial charge is 0.127 e. The maximum Gasteiger partial charge on any atom is 0.127 e. The van der Waals surface area contributed by atoms with Crippen LogP contribution < -0.4 is 0 Å². The van der Waals surface area contributed by atoms with E-state index in [0.717, 1.165) is 0 Å². The Balaban J connectivity index is 1.69. The summed E-state index contributed by atoms with van der Waals surface area (Å²) >= 11 is 0. The molecule has 29 heavy (non-hydrogen) atoms. The van der Waals surface area contributed by atoms with Crippen molar-refractivity contribution in [2.24, 2.45) is 0 Å². The third-order valence-electron chi connectivity index (χ3n) is 6.22. The minimum Gasteiger partial charge on any atom is -0.352 e. The topological polar surface area (TPSA) is 6.48 Å². The van der Waals surface area contributed by atoms with Gasteiger partial charge >= 0.3 is 0 Å². The zero-order valence-electron chi connectivity index (χ0n) is 19.3. The molecule has 164 valence electrons. The largest absolute Gasteiger partial charge is 0.352 e. The summed E-state index contributed by atoms with van der Waals surface area (Å²) in [6, 6.07) is 11.1. The Labute approximate surface area is 181 Å². The quantitative estimate of drug-likeness (QED) is 0.244. The SMILES string of the molecule is CCCCCCCCCCCCN1C=CN(CCCCCC)C1c1ccccc1. The van der Waals surface area contributed by atoms with E-state index >= 15 is 0 Å². The van der Waals surface area contributed by atoms with Crippen molar-refractivity contribution in [3.8, 4) is 0 Å². The van der Waals surface area contributed by atoms with E-state index in [9.17, 15) is 0 Å². The Bertz CT molecular complexity index is 525. The van der Waals surface area contributed by atoms with Crippen molar-refractivity contribution >= 4 is 0 Å². The second-order valence-electron chi connectivity index (χ2n) is 8.80. The van der Waals surface area contributed by atoms with Gasteiger partial charge in [-0.2, -0.15) is 0 Å². The van der Waals surface area contributed by atoms with Gasteiger partial charge in [0.15, 0.2) is 0 Å². The zero-order valence-corrected chi connectivity index (χ0v) is 19.3. The number of unbranched alkanes of at least 4 members (excludes halogenated alkanes) is 12. The summed E-state index contributed by atoms with van der Waals surface area (Å²) in [7, 11) is 0. The van der Waals surface area contributed by atoms with Crippen molar-refractivity contribution in [2.75, 3.05) is 13.1 Å². The highest BCUT2D eigenvalue weighted by molar-refractivity contribution is 5.21. The molecule has 1 aromatic carbocycles. The summed E-state index contributed by atoms with van der Waals surface area (Å²) in [6.07, 6.45) is 24.4. The number of benzene rings is 1. The predicted molar refractivity (Wildman–Crippen MR) is 128 cm³/mol. The number of rotatable bonds is 17. The third kappa shape index (κ3) is 9.28. The minimum atomic E-state index is 0.399. The standard InChI is InChI=1S/C27H46N2/c1-3-5-7-9-10-11-12-13-14-19-23-29-25-24-28(22-18-8-6-4-2)27(29)26-20-16-15-17-21-26/h15-17,20-21,24-25,27H,3-14,18-19,22-23H2,1-2H3. The number of nitrogens with zero attached hydrogens (tertiary/aromatic N) is 2. The molecule has 0 saturated heterocycles. The van der Waals surface area contributed by atoms with Crippen LogP contribution in [0.1, 0.15) is 115 Å². The minimum absolute atomic E-state index is 0.399. The van der Waals surface area contributed by atoms with Crippen LogP contribution >= 0.6 is 0 Å². The number of hydrogen-bond acceptors (Lipinski definition) is 2. The van der Waals surface area contributed by atoms with Crippen LogP contribution in [-0.4, -0.2) is 22.9 Å². The fourth-order valence-corrected chi connectivity index (χ4v) is 4.43. The zero-order chi connectivity index (χ0) is 20.6. The molecule has 1 heterocycles. The van der Waals surface area contributed by atoms with Crippen LogP contribution in [0, 0.1) is 0 Å². The van der Waals surface area contributed by atoms with Gasteiger partial charge in [-0.25, -0.2) is 0 Å². The first-order valence-corrected chi connectivity index (χ1v) is 12.6. The van der Waals surface area contributed by atoms with Gasteiger partial charge in [-0.3, -0.25) is 0 Å². The van der Waals surface area contributed by atoms with Gasteiger partial charge in [-0.15, -0.1) is 0 Å². The van der Waals surface area contributed by atoms with E-state index in [-0.39, 0.29) is 0 Å². The summed E-state index contributed by atoms with van der Waals surface area (Å²) in [5, 5.41) is 0. The van der Waals surface area contributed by atoms with Gasteiger partial charge in [-0.05, 0) is 18.4 Å². The van der Waals surface area contributed by atoms with Gasteiger partial charge in [0, 0.05) is 25.5 Å². The van der Waals surface area contributed by atoms with E-state index in [2.05, 4.69) is 66.4 Å². The Morgan fingerprint density at radius 3 is 1.45 bits per heavy atom. The monoisotopic (exact) mass is 398 g/mol. The van der Waals surface area contributed by atoms with Gasteiger partial charge in [0.1, 0.15) is 6.17 Å². The lowest BCUT2D eigenvalue weighted by molar-refractivity contribution is 0.150. The first-order valence-electron chi connectivity index (χ1n) is 12.6. The fraction of sp³-hybridized carbons (Fsp3) is 0.704. The highest BCUT2D eigenvalue weighted by atomic mass is 15.4. The van der Waals surface area contributed by atoms with Crippen molar-refractivity contribution in [3.05, 3.63) is 48.3 Å². The summed E-state index contributed by atoms with van der Waals surface area (Å²) in [4.78, 5) is 5.13. The molecule has 1 unspecified atom stereocenters. The van der Waals surface area contributed by atoms with Gasteiger partial charge in [-0.1, -0.05) is 121 Å². The lowest BCUT2D eigenvalue weighted by Crippen LogP contribution is -2.32. The van der Waals surface area contributed by atoms with Crippen LogP contribution in [0.15, 0.2) is 42.7 Å². The molecule has 0 aromatic heterocycles. The molecule has 0 saturated carbocycles. The first-order chi connectivity index (χ1) is 14.4. The van der Waals surface area contributed by atoms with Crippen molar-refractivity contribution in [3.63, 3.8) is 0 Å². The molecule has 2 nitrogen and oxygen atoms in total. The van der Waals surface area contributed by atoms with Gasteiger partial charge in [0.2, 0.25) is 0 Å². The predicted octanol–water partition coefficient (Wildman–Crippen LogP) is 8.28. The molecule has 0 fully saturated rings. The van der Waals surface area contributed by atoms with Gasteiger partial charge in [0.05, 0.1) is 0 Å². The third-order valence-corrected chi connectivity index (χ3v) is 6.22. The van der Waals surface area contributed by atoms with Crippen molar-refractivity contribution in [2.45, 2.75) is 110 Å². The number of hydrogen-bond donors (Lipinski definition) is 0. The van der Waals surface area contributed by atoms with Crippen LogP contribution in [0.2, 0.25) is 0 Å². The van der Waals surface area contributed by atoms with Gasteiger partial charge in [0.25, 0.3) is 0 Å². The molecule has 1 atom stereocenters. The molecular weight excluding hydrogens is 352 g/mol. The lowest BCUT2D eigenvalue weighted by Gasteiger charge is -2.33. The highest BCUT2D eigenvalue weighted by Crippen LogP contribution is 2.31. The maximum absolute atomic E-state index is 2.57. The first kappa shape index (κ1) is 23.8. The normalized spacial score (nSPS) is 16.1. The summed E-state index contributed by atoms with van der Waals surface area (Å²) in [5.41, 5.74) is 1.43. The van der Waals surface area contributed by atoms with Crippen molar-refractivity contribution in [1.29, 1.82) is 0 Å². The Hall–Kier alpha value is -1.44. The van der Waals surface area contributed by atoms with Crippen LogP contribution in [0.3, 0.4) is 0 Å².